The van der Waals surface area contributed by atoms with Gasteiger partial charge in [0.2, 0.25) is 0 Å². The fraction of sp³-hybridized carbons (Fsp3) is 1.00. The maximum atomic E-state index is 5.97. The first kappa shape index (κ1) is 10.4. The minimum Gasteiger partial charge on any atom is -0.373 e. The van der Waals surface area contributed by atoms with E-state index in [1.165, 1.54) is 32.1 Å². The summed E-state index contributed by atoms with van der Waals surface area (Å²) in [5, 5.41) is 0. The van der Waals surface area contributed by atoms with E-state index in [0.29, 0.717) is 24.4 Å². The van der Waals surface area contributed by atoms with Crippen LogP contribution >= 0.6 is 0 Å². The first-order valence-corrected chi connectivity index (χ1v) is 6.10. The molecular weight excluding hydrogens is 176 g/mol. The molecule has 0 radical (unpaired) electrons. The van der Waals surface area contributed by atoms with E-state index in [-0.39, 0.29) is 0 Å². The summed E-state index contributed by atoms with van der Waals surface area (Å²) in [6.45, 7) is 4.38. The standard InChI is InChI=1S/C12H22O2/c1-3-4-12(14-11-7-8-11)9(2)13-10-5-6-10/h9-12H,3-8H2,1-2H3. The molecule has 2 unspecified atom stereocenters. The SMILES string of the molecule is CCCC(OC1CC1)C(C)OC1CC1. The maximum absolute atomic E-state index is 5.97. The van der Waals surface area contributed by atoms with Gasteiger partial charge < -0.3 is 9.47 Å². The lowest BCUT2D eigenvalue weighted by atomic mass is 10.1. The summed E-state index contributed by atoms with van der Waals surface area (Å²) >= 11 is 0. The molecule has 0 N–H and O–H groups in total. The van der Waals surface area contributed by atoms with Gasteiger partial charge in [-0.25, -0.2) is 0 Å². The van der Waals surface area contributed by atoms with Crippen molar-refractivity contribution in [3.63, 3.8) is 0 Å². The van der Waals surface area contributed by atoms with Crippen LogP contribution in [0.4, 0.5) is 0 Å². The number of hydrogen-bond acceptors (Lipinski definition) is 2. The highest BCUT2D eigenvalue weighted by Gasteiger charge is 2.32. The normalized spacial score (nSPS) is 26.1. The molecule has 2 aliphatic rings. The van der Waals surface area contributed by atoms with Gasteiger partial charge in [0.1, 0.15) is 0 Å². The molecule has 2 rings (SSSR count). The van der Waals surface area contributed by atoms with E-state index < -0.39 is 0 Å². The van der Waals surface area contributed by atoms with Crippen molar-refractivity contribution in [2.24, 2.45) is 0 Å². The van der Waals surface area contributed by atoms with Gasteiger partial charge in [0.05, 0.1) is 24.4 Å². The highest BCUT2D eigenvalue weighted by atomic mass is 16.6. The molecule has 0 amide bonds. The Hall–Kier alpha value is -0.0800. The quantitative estimate of drug-likeness (QED) is 0.626. The third kappa shape index (κ3) is 3.25. The summed E-state index contributed by atoms with van der Waals surface area (Å²) in [5.74, 6) is 0. The Morgan fingerprint density at radius 1 is 1.07 bits per heavy atom. The molecule has 0 spiro atoms. The fourth-order valence-electron chi connectivity index (χ4n) is 1.74. The number of ether oxygens (including phenoxy) is 2. The Kier molecular flexibility index (Phi) is 3.45. The van der Waals surface area contributed by atoms with Gasteiger partial charge in [0, 0.05) is 0 Å². The van der Waals surface area contributed by atoms with E-state index in [1.54, 1.807) is 0 Å². The predicted molar refractivity (Wildman–Crippen MR) is 56.4 cm³/mol. The molecule has 2 saturated carbocycles. The Bertz CT molecular complexity index is 173. The van der Waals surface area contributed by atoms with Crippen LogP contribution in [0.25, 0.3) is 0 Å². The average Bonchev–Trinajstić information content (AvgIpc) is 2.97. The molecule has 0 saturated heterocycles. The average molecular weight is 198 g/mol. The van der Waals surface area contributed by atoms with E-state index in [4.69, 9.17) is 9.47 Å². The van der Waals surface area contributed by atoms with Crippen molar-refractivity contribution in [1.82, 2.24) is 0 Å². The van der Waals surface area contributed by atoms with E-state index in [1.807, 2.05) is 0 Å². The second-order valence-electron chi connectivity index (χ2n) is 4.70. The Balaban J connectivity index is 1.73. The first-order chi connectivity index (χ1) is 6.79. The van der Waals surface area contributed by atoms with E-state index >= 15 is 0 Å². The van der Waals surface area contributed by atoms with Crippen LogP contribution in [0.15, 0.2) is 0 Å². The molecule has 0 aliphatic heterocycles. The second-order valence-corrected chi connectivity index (χ2v) is 4.70. The molecule has 0 bridgehead atoms. The summed E-state index contributed by atoms with van der Waals surface area (Å²) in [6.07, 6.45) is 9.10. The van der Waals surface area contributed by atoms with Gasteiger partial charge >= 0.3 is 0 Å². The van der Waals surface area contributed by atoms with Crippen molar-refractivity contribution < 1.29 is 9.47 Å². The second kappa shape index (κ2) is 4.63. The predicted octanol–water partition coefficient (Wildman–Crippen LogP) is 2.90. The molecule has 0 aromatic carbocycles. The lowest BCUT2D eigenvalue weighted by Crippen LogP contribution is -2.30. The van der Waals surface area contributed by atoms with Crippen LogP contribution in [0.1, 0.15) is 52.4 Å². The third-order valence-corrected chi connectivity index (χ3v) is 2.92. The largest absolute Gasteiger partial charge is 0.373 e. The summed E-state index contributed by atoms with van der Waals surface area (Å²) in [6, 6.07) is 0. The molecule has 2 aliphatic carbocycles. The van der Waals surface area contributed by atoms with Gasteiger partial charge in [-0.1, -0.05) is 13.3 Å². The smallest absolute Gasteiger partial charge is 0.0837 e. The van der Waals surface area contributed by atoms with Crippen LogP contribution in [0, 0.1) is 0 Å². The molecule has 2 atom stereocenters. The van der Waals surface area contributed by atoms with Crippen molar-refractivity contribution >= 4 is 0 Å². The Labute approximate surface area is 87.0 Å². The maximum Gasteiger partial charge on any atom is 0.0837 e. The van der Waals surface area contributed by atoms with Crippen molar-refractivity contribution in [2.75, 3.05) is 0 Å². The molecule has 2 heteroatoms. The van der Waals surface area contributed by atoms with Gasteiger partial charge in [-0.2, -0.15) is 0 Å². The summed E-state index contributed by atoms with van der Waals surface area (Å²) in [5.41, 5.74) is 0. The van der Waals surface area contributed by atoms with Gasteiger partial charge in [-0.15, -0.1) is 0 Å². The zero-order valence-corrected chi connectivity index (χ0v) is 9.37. The van der Waals surface area contributed by atoms with Crippen LogP contribution in [-0.2, 0) is 9.47 Å². The van der Waals surface area contributed by atoms with Crippen molar-refractivity contribution in [1.29, 1.82) is 0 Å². The lowest BCUT2D eigenvalue weighted by Gasteiger charge is -2.24. The zero-order chi connectivity index (χ0) is 9.97. The summed E-state index contributed by atoms with van der Waals surface area (Å²) in [7, 11) is 0. The van der Waals surface area contributed by atoms with E-state index in [9.17, 15) is 0 Å². The molecule has 2 fully saturated rings. The molecule has 0 aromatic rings. The molecular formula is C12H22O2. The van der Waals surface area contributed by atoms with Crippen molar-refractivity contribution in [3.8, 4) is 0 Å². The van der Waals surface area contributed by atoms with Crippen LogP contribution in [0.3, 0.4) is 0 Å². The number of hydrogen-bond donors (Lipinski definition) is 0. The van der Waals surface area contributed by atoms with Crippen LogP contribution in [0.5, 0.6) is 0 Å². The fourth-order valence-corrected chi connectivity index (χ4v) is 1.74. The molecule has 0 aromatic heterocycles. The minimum absolute atomic E-state index is 0.294. The van der Waals surface area contributed by atoms with Crippen molar-refractivity contribution in [2.45, 2.75) is 76.8 Å². The highest BCUT2D eigenvalue weighted by Crippen LogP contribution is 2.31. The van der Waals surface area contributed by atoms with Crippen LogP contribution in [-0.4, -0.2) is 24.4 Å². The Morgan fingerprint density at radius 2 is 1.64 bits per heavy atom. The van der Waals surface area contributed by atoms with Gasteiger partial charge in [0.15, 0.2) is 0 Å². The highest BCUT2D eigenvalue weighted by molar-refractivity contribution is 4.81. The van der Waals surface area contributed by atoms with Crippen molar-refractivity contribution in [3.05, 3.63) is 0 Å². The van der Waals surface area contributed by atoms with Crippen LogP contribution in [0.2, 0.25) is 0 Å². The first-order valence-electron chi connectivity index (χ1n) is 6.10. The molecule has 14 heavy (non-hydrogen) atoms. The third-order valence-electron chi connectivity index (χ3n) is 2.92. The minimum atomic E-state index is 0.294. The summed E-state index contributed by atoms with van der Waals surface area (Å²) in [4.78, 5) is 0. The van der Waals surface area contributed by atoms with E-state index in [2.05, 4.69) is 13.8 Å². The van der Waals surface area contributed by atoms with Gasteiger partial charge in [0.25, 0.3) is 0 Å². The van der Waals surface area contributed by atoms with Gasteiger partial charge in [-0.05, 0) is 39.0 Å². The molecule has 2 nitrogen and oxygen atoms in total. The molecule has 0 heterocycles. The van der Waals surface area contributed by atoms with Gasteiger partial charge in [-0.3, -0.25) is 0 Å². The topological polar surface area (TPSA) is 18.5 Å². The number of rotatable bonds is 7. The molecule has 82 valence electrons. The van der Waals surface area contributed by atoms with E-state index in [0.717, 1.165) is 6.42 Å². The lowest BCUT2D eigenvalue weighted by molar-refractivity contribution is -0.0805. The van der Waals surface area contributed by atoms with Crippen LogP contribution < -0.4 is 0 Å². The Morgan fingerprint density at radius 3 is 2.14 bits per heavy atom. The zero-order valence-electron chi connectivity index (χ0n) is 9.37. The monoisotopic (exact) mass is 198 g/mol. The summed E-state index contributed by atoms with van der Waals surface area (Å²) < 4.78 is 11.8.